The minimum atomic E-state index is 0.344. The van der Waals surface area contributed by atoms with E-state index in [0.29, 0.717) is 5.92 Å². The van der Waals surface area contributed by atoms with Gasteiger partial charge in [-0.2, -0.15) is 0 Å². The standard InChI is InChI=1S/C36H22O3/c1-3-9-23-17-29-25(15-21(23)7-1)27(31-11-5-13-37-31)19-33-35(29)36-30-18-24-10-4-2-8-22(24)16-26(30)28(20-34(36)39-33)32-12-6-14-38-32/h1-17,19-20,24H,18H2. The van der Waals surface area contributed by atoms with Gasteiger partial charge in [-0.05, 0) is 93.2 Å². The predicted octanol–water partition coefficient (Wildman–Crippen LogP) is 10.1. The molecule has 0 aliphatic heterocycles. The van der Waals surface area contributed by atoms with Crippen molar-refractivity contribution in [2.45, 2.75) is 6.42 Å². The summed E-state index contributed by atoms with van der Waals surface area (Å²) in [6.07, 6.45) is 15.5. The van der Waals surface area contributed by atoms with Gasteiger partial charge in [0, 0.05) is 27.8 Å². The fraction of sp³-hybridized carbons (Fsp3) is 0.0556. The van der Waals surface area contributed by atoms with Gasteiger partial charge in [0.25, 0.3) is 0 Å². The fourth-order valence-corrected chi connectivity index (χ4v) is 6.60. The largest absolute Gasteiger partial charge is 0.464 e. The van der Waals surface area contributed by atoms with E-state index in [9.17, 15) is 0 Å². The molecular formula is C36H22O3. The normalized spacial score (nSPS) is 16.3. The summed E-state index contributed by atoms with van der Waals surface area (Å²) in [6.45, 7) is 0. The quantitative estimate of drug-likeness (QED) is 0.221. The summed E-state index contributed by atoms with van der Waals surface area (Å²) < 4.78 is 18.5. The molecule has 2 aliphatic rings. The number of hydrogen-bond acceptors (Lipinski definition) is 3. The lowest BCUT2D eigenvalue weighted by atomic mass is 9.78. The molecule has 0 saturated heterocycles. The van der Waals surface area contributed by atoms with Crippen molar-refractivity contribution in [2.24, 2.45) is 5.92 Å². The minimum absolute atomic E-state index is 0.344. The van der Waals surface area contributed by atoms with Crippen LogP contribution >= 0.6 is 0 Å². The zero-order valence-electron chi connectivity index (χ0n) is 21.0. The van der Waals surface area contributed by atoms with Crippen molar-refractivity contribution in [3.63, 3.8) is 0 Å². The molecule has 4 aromatic carbocycles. The minimum Gasteiger partial charge on any atom is -0.464 e. The number of allylic oxidation sites excluding steroid dienone is 5. The third-order valence-corrected chi connectivity index (χ3v) is 8.36. The van der Waals surface area contributed by atoms with Crippen LogP contribution < -0.4 is 0 Å². The van der Waals surface area contributed by atoms with Gasteiger partial charge >= 0.3 is 0 Å². The zero-order valence-corrected chi connectivity index (χ0v) is 21.0. The second-order valence-corrected chi connectivity index (χ2v) is 10.5. The molecule has 0 amide bonds. The molecule has 1 unspecified atom stereocenters. The highest BCUT2D eigenvalue weighted by Crippen LogP contribution is 2.48. The molecule has 3 heteroatoms. The Balaban J connectivity index is 1.47. The van der Waals surface area contributed by atoms with Crippen molar-refractivity contribution < 1.29 is 13.3 Å². The van der Waals surface area contributed by atoms with E-state index < -0.39 is 0 Å². The van der Waals surface area contributed by atoms with Crippen LogP contribution in [0.1, 0.15) is 11.1 Å². The fourth-order valence-electron chi connectivity index (χ4n) is 6.60. The summed E-state index contributed by atoms with van der Waals surface area (Å²) in [5.74, 6) is 2.03. The number of furan rings is 3. The molecule has 2 aliphatic carbocycles. The van der Waals surface area contributed by atoms with Crippen LogP contribution in [0.2, 0.25) is 0 Å². The SMILES string of the molecule is C1=CC2=Cc3c(-c4ccco4)cc4oc5cc(-c6ccco6)c6cc7ccccc7cc6c5c4c3CC2C=C1. The molecule has 1 atom stereocenters. The number of benzene rings is 4. The van der Waals surface area contributed by atoms with E-state index in [-0.39, 0.29) is 0 Å². The Morgan fingerprint density at radius 1 is 0.667 bits per heavy atom. The van der Waals surface area contributed by atoms with Crippen molar-refractivity contribution in [2.75, 3.05) is 0 Å². The third-order valence-electron chi connectivity index (χ3n) is 8.36. The van der Waals surface area contributed by atoms with Crippen LogP contribution in [0, 0.1) is 5.92 Å². The second-order valence-electron chi connectivity index (χ2n) is 10.5. The van der Waals surface area contributed by atoms with E-state index in [1.165, 1.54) is 38.2 Å². The molecule has 3 heterocycles. The van der Waals surface area contributed by atoms with Crippen molar-refractivity contribution in [3.8, 4) is 22.6 Å². The van der Waals surface area contributed by atoms with Gasteiger partial charge in [0.1, 0.15) is 22.7 Å². The van der Waals surface area contributed by atoms with E-state index in [4.69, 9.17) is 13.3 Å². The number of fused-ring (bicyclic) bond motifs is 9. The molecule has 7 aromatic rings. The van der Waals surface area contributed by atoms with Gasteiger partial charge < -0.3 is 13.3 Å². The van der Waals surface area contributed by atoms with Crippen LogP contribution in [-0.4, -0.2) is 0 Å². The van der Waals surface area contributed by atoms with Crippen molar-refractivity contribution >= 4 is 49.6 Å². The monoisotopic (exact) mass is 502 g/mol. The molecule has 9 rings (SSSR count). The molecule has 0 spiro atoms. The lowest BCUT2D eigenvalue weighted by Gasteiger charge is -2.26. The lowest BCUT2D eigenvalue weighted by molar-refractivity contribution is 0.581. The molecular weight excluding hydrogens is 480 g/mol. The van der Waals surface area contributed by atoms with Crippen molar-refractivity contribution in [1.29, 1.82) is 0 Å². The van der Waals surface area contributed by atoms with Crippen LogP contribution in [0.15, 0.2) is 128 Å². The Morgan fingerprint density at radius 2 is 1.38 bits per heavy atom. The Morgan fingerprint density at radius 3 is 2.15 bits per heavy atom. The molecule has 39 heavy (non-hydrogen) atoms. The topological polar surface area (TPSA) is 39.4 Å². The highest BCUT2D eigenvalue weighted by molar-refractivity contribution is 6.25. The molecule has 0 radical (unpaired) electrons. The van der Waals surface area contributed by atoms with E-state index in [1.807, 2.05) is 24.3 Å². The number of hydrogen-bond donors (Lipinski definition) is 0. The van der Waals surface area contributed by atoms with Gasteiger partial charge in [-0.3, -0.25) is 0 Å². The second kappa shape index (κ2) is 7.75. The molecule has 0 N–H and O–H groups in total. The van der Waals surface area contributed by atoms with Gasteiger partial charge in [-0.1, -0.05) is 54.6 Å². The predicted molar refractivity (Wildman–Crippen MR) is 158 cm³/mol. The van der Waals surface area contributed by atoms with E-state index in [2.05, 4.69) is 78.9 Å². The van der Waals surface area contributed by atoms with Gasteiger partial charge in [-0.25, -0.2) is 0 Å². The van der Waals surface area contributed by atoms with Crippen LogP contribution in [0.25, 0.3) is 72.2 Å². The molecule has 3 nitrogen and oxygen atoms in total. The first-order chi connectivity index (χ1) is 19.3. The van der Waals surface area contributed by atoms with Crippen LogP contribution in [-0.2, 0) is 6.42 Å². The number of rotatable bonds is 2. The van der Waals surface area contributed by atoms with Crippen LogP contribution in [0.3, 0.4) is 0 Å². The van der Waals surface area contributed by atoms with Gasteiger partial charge in [0.15, 0.2) is 0 Å². The van der Waals surface area contributed by atoms with Crippen molar-refractivity contribution in [1.82, 2.24) is 0 Å². The van der Waals surface area contributed by atoms with Gasteiger partial charge in [-0.15, -0.1) is 0 Å². The van der Waals surface area contributed by atoms with Gasteiger partial charge in [0.05, 0.1) is 12.5 Å². The van der Waals surface area contributed by atoms with E-state index >= 15 is 0 Å². The summed E-state index contributed by atoms with van der Waals surface area (Å²) in [7, 11) is 0. The first-order valence-corrected chi connectivity index (χ1v) is 13.3. The van der Waals surface area contributed by atoms with Crippen LogP contribution in [0.4, 0.5) is 0 Å². The van der Waals surface area contributed by atoms with E-state index in [1.54, 1.807) is 12.5 Å². The highest BCUT2D eigenvalue weighted by Gasteiger charge is 2.28. The molecule has 0 saturated carbocycles. The van der Waals surface area contributed by atoms with Gasteiger partial charge in [0.2, 0.25) is 0 Å². The molecule has 0 fully saturated rings. The lowest BCUT2D eigenvalue weighted by Crippen LogP contribution is -2.12. The molecule has 184 valence electrons. The zero-order chi connectivity index (χ0) is 25.5. The smallest absolute Gasteiger partial charge is 0.136 e. The molecule has 0 bridgehead atoms. The average Bonchev–Trinajstić information content (AvgIpc) is 3.75. The highest BCUT2D eigenvalue weighted by atomic mass is 16.3. The maximum atomic E-state index is 6.72. The van der Waals surface area contributed by atoms with Crippen molar-refractivity contribution in [3.05, 3.63) is 126 Å². The first-order valence-electron chi connectivity index (χ1n) is 13.3. The Bertz CT molecular complexity index is 2180. The maximum absolute atomic E-state index is 6.72. The Hall–Kier alpha value is -5.02. The third kappa shape index (κ3) is 2.98. The summed E-state index contributed by atoms with van der Waals surface area (Å²) in [6, 6.07) is 25.4. The summed E-state index contributed by atoms with van der Waals surface area (Å²) in [5, 5.41) is 7.11. The Labute approximate surface area is 223 Å². The summed E-state index contributed by atoms with van der Waals surface area (Å²) >= 11 is 0. The Kier molecular flexibility index (Phi) is 4.17. The first kappa shape index (κ1) is 21.0. The molecule has 3 aromatic heterocycles. The summed E-state index contributed by atoms with van der Waals surface area (Å²) in [5.41, 5.74) is 7.72. The van der Waals surface area contributed by atoms with Crippen LogP contribution in [0.5, 0.6) is 0 Å². The van der Waals surface area contributed by atoms with E-state index in [0.717, 1.165) is 51.0 Å². The average molecular weight is 503 g/mol. The summed E-state index contributed by atoms with van der Waals surface area (Å²) in [4.78, 5) is 0. The maximum Gasteiger partial charge on any atom is 0.136 e.